The van der Waals surface area contributed by atoms with Crippen LogP contribution in [0.1, 0.15) is 16.7 Å². The van der Waals surface area contributed by atoms with Crippen molar-refractivity contribution < 1.29 is 19.1 Å². The van der Waals surface area contributed by atoms with Crippen molar-refractivity contribution in [3.63, 3.8) is 0 Å². The number of amides is 1. The monoisotopic (exact) mass is 353 g/mol. The Labute approximate surface area is 150 Å². The first-order chi connectivity index (χ1) is 12.4. The van der Waals surface area contributed by atoms with Crippen molar-refractivity contribution in [1.29, 1.82) is 0 Å². The zero-order valence-corrected chi connectivity index (χ0v) is 14.8. The molecule has 2 aromatic carbocycles. The summed E-state index contributed by atoms with van der Waals surface area (Å²) < 4.78 is 10.4. The number of phenols is 1. The lowest BCUT2D eigenvalue weighted by Gasteiger charge is -2.11. The number of aromatic hydroxyl groups is 1. The number of methoxy groups -OCH3 is 1. The molecular formula is C20H19NO5. The van der Waals surface area contributed by atoms with Gasteiger partial charge in [0.15, 0.2) is 0 Å². The Kier molecular flexibility index (Phi) is 4.67. The third-order valence-corrected chi connectivity index (χ3v) is 4.19. The Balaban J connectivity index is 1.93. The summed E-state index contributed by atoms with van der Waals surface area (Å²) >= 11 is 0. The Hall–Kier alpha value is -3.28. The molecule has 0 bridgehead atoms. The number of carbonyl (C=O) groups excluding carboxylic acids is 1. The molecule has 6 heteroatoms. The highest BCUT2D eigenvalue weighted by Crippen LogP contribution is 2.30. The number of rotatable bonds is 4. The molecule has 0 radical (unpaired) electrons. The predicted octanol–water partition coefficient (Wildman–Crippen LogP) is 3.31. The van der Waals surface area contributed by atoms with E-state index in [1.54, 1.807) is 57.4 Å². The van der Waals surface area contributed by atoms with Gasteiger partial charge in [-0.3, -0.25) is 4.79 Å². The van der Waals surface area contributed by atoms with Crippen LogP contribution >= 0.6 is 0 Å². The average molecular weight is 353 g/mol. The Bertz CT molecular complexity index is 1050. The third kappa shape index (κ3) is 3.39. The van der Waals surface area contributed by atoms with E-state index in [1.165, 1.54) is 0 Å². The number of aryl methyl sites for hydroxylation is 2. The highest BCUT2D eigenvalue weighted by Gasteiger charge is 2.17. The van der Waals surface area contributed by atoms with E-state index in [2.05, 4.69) is 5.32 Å². The van der Waals surface area contributed by atoms with Crippen LogP contribution in [0.5, 0.6) is 11.5 Å². The van der Waals surface area contributed by atoms with Gasteiger partial charge >= 0.3 is 5.63 Å². The fraction of sp³-hybridized carbons (Fsp3) is 0.200. The Morgan fingerprint density at radius 1 is 1.23 bits per heavy atom. The molecule has 3 rings (SSSR count). The summed E-state index contributed by atoms with van der Waals surface area (Å²) in [6, 6.07) is 10.2. The van der Waals surface area contributed by atoms with Crippen molar-refractivity contribution >= 4 is 22.6 Å². The fourth-order valence-corrected chi connectivity index (χ4v) is 2.93. The quantitative estimate of drug-likeness (QED) is 0.703. The first-order valence-electron chi connectivity index (χ1n) is 8.09. The van der Waals surface area contributed by atoms with Gasteiger partial charge in [0, 0.05) is 11.8 Å². The van der Waals surface area contributed by atoms with Crippen LogP contribution in [0.15, 0.2) is 45.6 Å². The van der Waals surface area contributed by atoms with Gasteiger partial charge in [-0.25, -0.2) is 4.79 Å². The lowest BCUT2D eigenvalue weighted by Crippen LogP contribution is -2.20. The largest absolute Gasteiger partial charge is 0.507 e. The second-order valence-electron chi connectivity index (χ2n) is 6.11. The maximum atomic E-state index is 12.4. The van der Waals surface area contributed by atoms with Gasteiger partial charge in [0.2, 0.25) is 5.91 Å². The minimum atomic E-state index is -0.583. The van der Waals surface area contributed by atoms with E-state index >= 15 is 0 Å². The van der Waals surface area contributed by atoms with Crippen molar-refractivity contribution in [2.45, 2.75) is 20.3 Å². The van der Waals surface area contributed by atoms with Gasteiger partial charge in [-0.15, -0.1) is 0 Å². The molecule has 1 amide bonds. The molecule has 1 heterocycles. The molecule has 0 aliphatic heterocycles. The number of fused-ring (bicyclic) bond motifs is 1. The van der Waals surface area contributed by atoms with E-state index < -0.39 is 5.63 Å². The van der Waals surface area contributed by atoms with E-state index in [9.17, 15) is 14.7 Å². The highest BCUT2D eigenvalue weighted by molar-refractivity contribution is 5.94. The Morgan fingerprint density at radius 3 is 2.73 bits per heavy atom. The number of anilines is 1. The van der Waals surface area contributed by atoms with E-state index in [-0.39, 0.29) is 23.6 Å². The molecule has 0 aliphatic rings. The maximum absolute atomic E-state index is 12.4. The summed E-state index contributed by atoms with van der Waals surface area (Å²) in [6.45, 7) is 3.49. The normalized spacial score (nSPS) is 10.7. The predicted molar refractivity (Wildman–Crippen MR) is 99.0 cm³/mol. The average Bonchev–Trinajstić information content (AvgIpc) is 2.58. The van der Waals surface area contributed by atoms with Crippen LogP contribution in [0.2, 0.25) is 0 Å². The van der Waals surface area contributed by atoms with E-state index in [4.69, 9.17) is 9.15 Å². The standard InChI is InChI=1S/C20H19NO5/c1-11-7-16(22)19-12(2)15(20(24)26-17(19)8-11)10-18(23)21-13-5-4-6-14(9-13)25-3/h4-9,22H,10H2,1-3H3,(H,21,23). The summed E-state index contributed by atoms with van der Waals surface area (Å²) in [4.78, 5) is 24.7. The van der Waals surface area contributed by atoms with Crippen molar-refractivity contribution in [3.8, 4) is 11.5 Å². The summed E-state index contributed by atoms with van der Waals surface area (Å²) in [5, 5.41) is 13.4. The number of benzene rings is 2. The zero-order valence-electron chi connectivity index (χ0n) is 14.8. The number of carbonyl (C=O) groups is 1. The van der Waals surface area contributed by atoms with Crippen LogP contribution in [0.25, 0.3) is 11.0 Å². The van der Waals surface area contributed by atoms with Crippen molar-refractivity contribution in [1.82, 2.24) is 0 Å². The van der Waals surface area contributed by atoms with Gasteiger partial charge in [0.1, 0.15) is 17.1 Å². The Morgan fingerprint density at radius 2 is 2.00 bits per heavy atom. The highest BCUT2D eigenvalue weighted by atomic mass is 16.5. The summed E-state index contributed by atoms with van der Waals surface area (Å²) in [5.41, 5.74) is 1.83. The van der Waals surface area contributed by atoms with Gasteiger partial charge in [-0.05, 0) is 49.2 Å². The van der Waals surface area contributed by atoms with Gasteiger partial charge in [-0.2, -0.15) is 0 Å². The maximum Gasteiger partial charge on any atom is 0.340 e. The SMILES string of the molecule is COc1cccc(NC(=O)Cc2c(C)c3c(O)cc(C)cc3oc2=O)c1. The molecule has 26 heavy (non-hydrogen) atoms. The molecule has 3 aromatic rings. The summed E-state index contributed by atoms with van der Waals surface area (Å²) in [7, 11) is 1.54. The van der Waals surface area contributed by atoms with E-state index in [0.29, 0.717) is 28.0 Å². The first-order valence-corrected chi connectivity index (χ1v) is 8.09. The van der Waals surface area contributed by atoms with Crippen molar-refractivity contribution in [3.05, 3.63) is 63.5 Å². The summed E-state index contributed by atoms with van der Waals surface area (Å²) in [6.07, 6.45) is -0.158. The van der Waals surface area contributed by atoms with Crippen LogP contribution in [0.3, 0.4) is 0 Å². The van der Waals surface area contributed by atoms with E-state index in [0.717, 1.165) is 5.56 Å². The minimum absolute atomic E-state index is 0.0238. The molecular weight excluding hydrogens is 334 g/mol. The lowest BCUT2D eigenvalue weighted by atomic mass is 10.0. The number of hydrogen-bond acceptors (Lipinski definition) is 5. The third-order valence-electron chi connectivity index (χ3n) is 4.19. The van der Waals surface area contributed by atoms with Crippen LogP contribution in [-0.2, 0) is 11.2 Å². The second-order valence-corrected chi connectivity index (χ2v) is 6.11. The molecule has 0 unspecified atom stereocenters. The van der Waals surface area contributed by atoms with Crippen LogP contribution in [0, 0.1) is 13.8 Å². The molecule has 6 nitrogen and oxygen atoms in total. The number of hydrogen-bond donors (Lipinski definition) is 2. The molecule has 2 N–H and O–H groups in total. The lowest BCUT2D eigenvalue weighted by molar-refractivity contribution is -0.115. The molecule has 0 spiro atoms. The van der Waals surface area contributed by atoms with Gasteiger partial charge < -0.3 is 19.6 Å². The smallest absolute Gasteiger partial charge is 0.340 e. The summed E-state index contributed by atoms with van der Waals surface area (Å²) in [5.74, 6) is 0.278. The van der Waals surface area contributed by atoms with Gasteiger partial charge in [-0.1, -0.05) is 6.07 Å². The van der Waals surface area contributed by atoms with Crippen LogP contribution in [-0.4, -0.2) is 18.1 Å². The molecule has 0 saturated carbocycles. The molecule has 0 fully saturated rings. The molecule has 0 saturated heterocycles. The number of phenolic OH excluding ortho intramolecular Hbond substituents is 1. The van der Waals surface area contributed by atoms with Crippen molar-refractivity contribution in [2.75, 3.05) is 12.4 Å². The number of ether oxygens (including phenoxy) is 1. The molecule has 1 aromatic heterocycles. The molecule has 134 valence electrons. The second kappa shape index (κ2) is 6.92. The van der Waals surface area contributed by atoms with Gasteiger partial charge in [0.25, 0.3) is 0 Å². The van der Waals surface area contributed by atoms with Crippen LogP contribution < -0.4 is 15.7 Å². The molecule has 0 atom stereocenters. The van der Waals surface area contributed by atoms with Crippen LogP contribution in [0.4, 0.5) is 5.69 Å². The zero-order chi connectivity index (χ0) is 18.8. The van der Waals surface area contributed by atoms with Crippen molar-refractivity contribution in [2.24, 2.45) is 0 Å². The topological polar surface area (TPSA) is 88.8 Å². The number of nitrogens with one attached hydrogen (secondary N) is 1. The van der Waals surface area contributed by atoms with E-state index in [1.807, 2.05) is 0 Å². The molecule has 0 aliphatic carbocycles. The minimum Gasteiger partial charge on any atom is -0.507 e. The first kappa shape index (κ1) is 17.5. The fourth-order valence-electron chi connectivity index (χ4n) is 2.93. The van der Waals surface area contributed by atoms with Gasteiger partial charge in [0.05, 0.1) is 24.5 Å².